The lowest BCUT2D eigenvalue weighted by Crippen LogP contribution is -2.28. The highest BCUT2D eigenvalue weighted by atomic mass is 16.4. The van der Waals surface area contributed by atoms with E-state index >= 15 is 0 Å². The van der Waals surface area contributed by atoms with E-state index in [0.29, 0.717) is 13.1 Å². The molecule has 0 amide bonds. The molecule has 0 aliphatic carbocycles. The molecule has 2 heterocycles. The number of rotatable bonds is 2. The first kappa shape index (κ1) is 9.01. The van der Waals surface area contributed by atoms with Crippen molar-refractivity contribution in [2.24, 2.45) is 0 Å². The highest BCUT2D eigenvalue weighted by Gasteiger charge is 2.24. The molecule has 6 heteroatoms. The lowest BCUT2D eigenvalue weighted by atomic mass is 10.3. The molecular weight excluding hydrogens is 186 g/mol. The largest absolute Gasteiger partial charge is 0.480 e. The Morgan fingerprint density at radius 1 is 1.57 bits per heavy atom. The van der Waals surface area contributed by atoms with Gasteiger partial charge in [0.15, 0.2) is 0 Å². The Morgan fingerprint density at radius 3 is 2.93 bits per heavy atom. The quantitative estimate of drug-likeness (QED) is 0.592. The summed E-state index contributed by atoms with van der Waals surface area (Å²) in [5.74, 6) is -0.999. The van der Waals surface area contributed by atoms with Crippen molar-refractivity contribution in [3.63, 3.8) is 0 Å². The lowest BCUT2D eigenvalue weighted by Gasteiger charge is -2.09. The molecule has 3 N–H and O–H groups in total. The van der Waals surface area contributed by atoms with Gasteiger partial charge in [0, 0.05) is 13.1 Å². The van der Waals surface area contributed by atoms with Crippen LogP contribution in [0, 0.1) is 0 Å². The monoisotopic (exact) mass is 197 g/mol. The number of H-pyrrole nitrogens is 1. The third kappa shape index (κ3) is 1.15. The standard InChI is InChI=1S/C8H11N3O3/c1-4(7(12)13)11-6-3-9-2-5(6)10-8(11)14/h4,9H,2-3H2,1H3,(H,10,14)(H,12,13). The first-order chi connectivity index (χ1) is 6.61. The second kappa shape index (κ2) is 2.98. The highest BCUT2D eigenvalue weighted by molar-refractivity contribution is 5.71. The van der Waals surface area contributed by atoms with Crippen LogP contribution in [0.4, 0.5) is 0 Å². The Kier molecular flexibility index (Phi) is 1.92. The van der Waals surface area contributed by atoms with Crippen molar-refractivity contribution in [3.8, 4) is 0 Å². The van der Waals surface area contributed by atoms with Crippen LogP contribution in [0.2, 0.25) is 0 Å². The Balaban J connectivity index is 2.52. The van der Waals surface area contributed by atoms with Crippen molar-refractivity contribution in [3.05, 3.63) is 21.9 Å². The van der Waals surface area contributed by atoms with E-state index in [0.717, 1.165) is 11.4 Å². The van der Waals surface area contributed by atoms with Crippen LogP contribution in [0.15, 0.2) is 4.79 Å². The summed E-state index contributed by atoms with van der Waals surface area (Å²) in [4.78, 5) is 24.8. The number of hydrogen-bond donors (Lipinski definition) is 3. The van der Waals surface area contributed by atoms with Gasteiger partial charge in [-0.2, -0.15) is 0 Å². The number of imidazole rings is 1. The predicted molar refractivity (Wildman–Crippen MR) is 47.9 cm³/mol. The molecule has 1 aromatic heterocycles. The number of aromatic amines is 1. The molecule has 0 bridgehead atoms. The number of carbonyl (C=O) groups is 1. The average molecular weight is 197 g/mol. The molecule has 0 radical (unpaired) electrons. The summed E-state index contributed by atoms with van der Waals surface area (Å²) < 4.78 is 1.29. The SMILES string of the molecule is CC(C(=O)O)n1c2c([nH]c1=O)CNC2. The van der Waals surface area contributed by atoms with Crippen molar-refractivity contribution < 1.29 is 9.90 Å². The number of nitrogens with zero attached hydrogens (tertiary/aromatic N) is 1. The van der Waals surface area contributed by atoms with Crippen LogP contribution < -0.4 is 11.0 Å². The molecule has 1 aliphatic heterocycles. The van der Waals surface area contributed by atoms with Crippen LogP contribution in [0.1, 0.15) is 24.4 Å². The zero-order chi connectivity index (χ0) is 10.3. The molecule has 0 saturated heterocycles. The number of carboxylic acids is 1. The number of hydrogen-bond acceptors (Lipinski definition) is 3. The normalized spacial score (nSPS) is 16.6. The Labute approximate surface area is 79.6 Å². The average Bonchev–Trinajstić information content (AvgIpc) is 2.62. The zero-order valence-electron chi connectivity index (χ0n) is 7.70. The number of nitrogens with one attached hydrogen (secondary N) is 2. The van der Waals surface area contributed by atoms with Crippen LogP contribution in [-0.4, -0.2) is 20.6 Å². The molecular formula is C8H11N3O3. The van der Waals surface area contributed by atoms with E-state index < -0.39 is 12.0 Å². The minimum Gasteiger partial charge on any atom is -0.480 e. The second-order valence-corrected chi connectivity index (χ2v) is 3.34. The van der Waals surface area contributed by atoms with Gasteiger partial charge in [-0.1, -0.05) is 0 Å². The molecule has 14 heavy (non-hydrogen) atoms. The van der Waals surface area contributed by atoms with Crippen molar-refractivity contribution in [1.82, 2.24) is 14.9 Å². The van der Waals surface area contributed by atoms with Gasteiger partial charge >= 0.3 is 11.7 Å². The van der Waals surface area contributed by atoms with Gasteiger partial charge in [0.05, 0.1) is 11.4 Å². The summed E-state index contributed by atoms with van der Waals surface area (Å²) in [6.45, 7) is 2.64. The lowest BCUT2D eigenvalue weighted by molar-refractivity contribution is -0.140. The first-order valence-corrected chi connectivity index (χ1v) is 4.37. The molecule has 1 unspecified atom stereocenters. The van der Waals surface area contributed by atoms with Gasteiger partial charge in [-0.15, -0.1) is 0 Å². The predicted octanol–water partition coefficient (Wildman–Crippen LogP) is -0.575. The third-order valence-corrected chi connectivity index (χ3v) is 2.45. The maximum absolute atomic E-state index is 11.4. The zero-order valence-corrected chi connectivity index (χ0v) is 7.70. The molecule has 0 fully saturated rings. The molecule has 0 saturated carbocycles. The van der Waals surface area contributed by atoms with E-state index in [4.69, 9.17) is 5.11 Å². The fraction of sp³-hybridized carbons (Fsp3) is 0.500. The van der Waals surface area contributed by atoms with E-state index in [-0.39, 0.29) is 5.69 Å². The summed E-state index contributed by atoms with van der Waals surface area (Å²) in [5.41, 5.74) is 1.21. The van der Waals surface area contributed by atoms with Gasteiger partial charge in [-0.05, 0) is 6.92 Å². The maximum atomic E-state index is 11.4. The van der Waals surface area contributed by atoms with Crippen LogP contribution >= 0.6 is 0 Å². The fourth-order valence-electron chi connectivity index (χ4n) is 1.69. The molecule has 76 valence electrons. The first-order valence-electron chi connectivity index (χ1n) is 4.37. The van der Waals surface area contributed by atoms with Gasteiger partial charge in [0.1, 0.15) is 6.04 Å². The maximum Gasteiger partial charge on any atom is 0.326 e. The van der Waals surface area contributed by atoms with Crippen molar-refractivity contribution in [2.45, 2.75) is 26.1 Å². The summed E-state index contributed by atoms with van der Waals surface area (Å²) in [6.07, 6.45) is 0. The van der Waals surface area contributed by atoms with Crippen LogP contribution in [0.5, 0.6) is 0 Å². The smallest absolute Gasteiger partial charge is 0.326 e. The fourth-order valence-corrected chi connectivity index (χ4v) is 1.69. The third-order valence-electron chi connectivity index (χ3n) is 2.45. The van der Waals surface area contributed by atoms with E-state index in [1.54, 1.807) is 0 Å². The summed E-state index contributed by atoms with van der Waals surface area (Å²) in [7, 11) is 0. The van der Waals surface area contributed by atoms with Crippen molar-refractivity contribution in [1.29, 1.82) is 0 Å². The second-order valence-electron chi connectivity index (χ2n) is 3.34. The minimum absolute atomic E-state index is 0.341. The highest BCUT2D eigenvalue weighted by Crippen LogP contribution is 2.15. The van der Waals surface area contributed by atoms with Gasteiger partial charge in [0.25, 0.3) is 0 Å². The van der Waals surface area contributed by atoms with Crippen LogP contribution in [-0.2, 0) is 17.9 Å². The van der Waals surface area contributed by atoms with Crippen LogP contribution in [0.25, 0.3) is 0 Å². The van der Waals surface area contributed by atoms with E-state index in [1.165, 1.54) is 11.5 Å². The topological polar surface area (TPSA) is 87.1 Å². The molecule has 0 aromatic carbocycles. The number of fused-ring (bicyclic) bond motifs is 1. The van der Waals surface area contributed by atoms with Gasteiger partial charge in [-0.25, -0.2) is 9.59 Å². The Bertz CT molecular complexity index is 432. The number of aromatic nitrogens is 2. The molecule has 6 nitrogen and oxygen atoms in total. The Hall–Kier alpha value is -1.56. The Morgan fingerprint density at radius 2 is 2.29 bits per heavy atom. The van der Waals surface area contributed by atoms with Gasteiger partial charge in [-0.3, -0.25) is 4.57 Å². The summed E-state index contributed by atoms with van der Waals surface area (Å²) in [6, 6.07) is -0.817. The summed E-state index contributed by atoms with van der Waals surface area (Å²) >= 11 is 0. The summed E-state index contributed by atoms with van der Waals surface area (Å²) in [5, 5.41) is 11.9. The van der Waals surface area contributed by atoms with E-state index in [2.05, 4.69) is 10.3 Å². The van der Waals surface area contributed by atoms with Gasteiger partial charge < -0.3 is 15.4 Å². The minimum atomic E-state index is -0.999. The van der Waals surface area contributed by atoms with Gasteiger partial charge in [0.2, 0.25) is 0 Å². The van der Waals surface area contributed by atoms with Crippen molar-refractivity contribution in [2.75, 3.05) is 0 Å². The molecule has 0 spiro atoms. The molecule has 1 atom stereocenters. The molecule has 1 aliphatic rings. The van der Waals surface area contributed by atoms with E-state index in [9.17, 15) is 9.59 Å². The number of aliphatic carboxylic acids is 1. The molecule has 2 rings (SSSR count). The number of carboxylic acid groups (broad SMARTS) is 1. The van der Waals surface area contributed by atoms with E-state index in [1.807, 2.05) is 0 Å². The van der Waals surface area contributed by atoms with Crippen molar-refractivity contribution >= 4 is 5.97 Å². The molecule has 1 aromatic rings. The van der Waals surface area contributed by atoms with Crippen LogP contribution in [0.3, 0.4) is 0 Å².